The van der Waals surface area contributed by atoms with Crippen molar-refractivity contribution in [1.29, 1.82) is 0 Å². The highest BCUT2D eigenvalue weighted by molar-refractivity contribution is 9.09. The van der Waals surface area contributed by atoms with Crippen molar-refractivity contribution in [1.82, 2.24) is 0 Å². The number of alkyl halides is 1. The summed E-state index contributed by atoms with van der Waals surface area (Å²) in [4.78, 5) is 0. The van der Waals surface area contributed by atoms with Crippen molar-refractivity contribution >= 4 is 15.9 Å². The van der Waals surface area contributed by atoms with E-state index in [4.69, 9.17) is 4.74 Å². The Morgan fingerprint density at radius 3 is 2.08 bits per heavy atom. The summed E-state index contributed by atoms with van der Waals surface area (Å²) in [7, 11) is 0. The largest absolute Gasteiger partial charge is 0.378 e. The highest BCUT2D eigenvalue weighted by Crippen LogP contribution is 2.20. The SMILES string of the molecule is CC(C)C(C)OCC(C)(C)CBr. The van der Waals surface area contributed by atoms with Crippen LogP contribution in [-0.4, -0.2) is 18.0 Å². The molecule has 0 aliphatic carbocycles. The summed E-state index contributed by atoms with van der Waals surface area (Å²) in [5.74, 6) is 0.608. The molecule has 1 nitrogen and oxygen atoms in total. The molecule has 0 N–H and O–H groups in total. The summed E-state index contributed by atoms with van der Waals surface area (Å²) in [5, 5.41) is 0.991. The number of ether oxygens (including phenoxy) is 1. The molecule has 0 aromatic heterocycles. The first-order valence-corrected chi connectivity index (χ1v) is 5.69. The third kappa shape index (κ3) is 5.15. The predicted molar refractivity (Wildman–Crippen MR) is 57.8 cm³/mol. The van der Waals surface area contributed by atoms with Gasteiger partial charge in [-0.05, 0) is 18.3 Å². The fraction of sp³-hybridized carbons (Fsp3) is 1.00. The van der Waals surface area contributed by atoms with Gasteiger partial charge in [0.05, 0.1) is 12.7 Å². The van der Waals surface area contributed by atoms with E-state index in [9.17, 15) is 0 Å². The van der Waals surface area contributed by atoms with E-state index >= 15 is 0 Å². The van der Waals surface area contributed by atoms with Crippen molar-refractivity contribution in [3.05, 3.63) is 0 Å². The molecular weight excluding hydrogens is 216 g/mol. The zero-order valence-electron chi connectivity index (χ0n) is 8.86. The van der Waals surface area contributed by atoms with Crippen molar-refractivity contribution in [3.8, 4) is 0 Å². The summed E-state index contributed by atoms with van der Waals surface area (Å²) in [6.45, 7) is 11.7. The third-order valence-electron chi connectivity index (χ3n) is 2.04. The van der Waals surface area contributed by atoms with Crippen molar-refractivity contribution in [2.24, 2.45) is 11.3 Å². The van der Waals surface area contributed by atoms with Crippen LogP contribution in [0.4, 0.5) is 0 Å². The topological polar surface area (TPSA) is 9.23 Å². The molecule has 0 aromatic rings. The Morgan fingerprint density at radius 1 is 1.25 bits per heavy atom. The smallest absolute Gasteiger partial charge is 0.0570 e. The molecule has 0 amide bonds. The minimum Gasteiger partial charge on any atom is -0.378 e. The van der Waals surface area contributed by atoms with E-state index < -0.39 is 0 Å². The molecule has 0 fully saturated rings. The molecule has 0 bridgehead atoms. The first-order valence-electron chi connectivity index (χ1n) is 4.56. The Labute approximate surface area is 85.0 Å². The number of hydrogen-bond acceptors (Lipinski definition) is 1. The molecule has 0 saturated carbocycles. The van der Waals surface area contributed by atoms with Crippen LogP contribution in [0.1, 0.15) is 34.6 Å². The molecule has 0 rings (SSSR count). The quantitative estimate of drug-likeness (QED) is 0.665. The van der Waals surface area contributed by atoms with Crippen LogP contribution in [0.25, 0.3) is 0 Å². The molecule has 0 saturated heterocycles. The van der Waals surface area contributed by atoms with Gasteiger partial charge in [0.2, 0.25) is 0 Å². The lowest BCUT2D eigenvalue weighted by Gasteiger charge is -2.25. The summed E-state index contributed by atoms with van der Waals surface area (Å²) >= 11 is 3.48. The average molecular weight is 237 g/mol. The van der Waals surface area contributed by atoms with Gasteiger partial charge in [0.25, 0.3) is 0 Å². The first kappa shape index (κ1) is 12.4. The zero-order chi connectivity index (χ0) is 9.78. The third-order valence-corrected chi connectivity index (χ3v) is 3.56. The van der Waals surface area contributed by atoms with Gasteiger partial charge in [-0.3, -0.25) is 0 Å². The van der Waals surface area contributed by atoms with Crippen molar-refractivity contribution in [3.63, 3.8) is 0 Å². The van der Waals surface area contributed by atoms with Crippen LogP contribution in [0.3, 0.4) is 0 Å². The standard InChI is InChI=1S/C10H21BrO/c1-8(2)9(3)12-7-10(4,5)6-11/h8-9H,6-7H2,1-5H3. The van der Waals surface area contributed by atoms with E-state index in [1.807, 2.05) is 0 Å². The number of halogens is 1. The average Bonchev–Trinajstić information content (AvgIpc) is 2.00. The second-order valence-electron chi connectivity index (χ2n) is 4.56. The molecule has 2 heteroatoms. The summed E-state index contributed by atoms with van der Waals surface area (Å²) in [6, 6.07) is 0. The van der Waals surface area contributed by atoms with Gasteiger partial charge in [-0.1, -0.05) is 43.6 Å². The minimum absolute atomic E-state index is 0.253. The lowest BCUT2D eigenvalue weighted by Crippen LogP contribution is -2.26. The van der Waals surface area contributed by atoms with Gasteiger partial charge in [-0.2, -0.15) is 0 Å². The van der Waals surface area contributed by atoms with E-state index in [2.05, 4.69) is 50.5 Å². The lowest BCUT2D eigenvalue weighted by atomic mass is 9.98. The maximum absolute atomic E-state index is 5.73. The van der Waals surface area contributed by atoms with Crippen molar-refractivity contribution < 1.29 is 4.74 Å². The van der Waals surface area contributed by atoms with Gasteiger partial charge in [-0.25, -0.2) is 0 Å². The van der Waals surface area contributed by atoms with Crippen molar-refractivity contribution in [2.75, 3.05) is 11.9 Å². The molecule has 0 aliphatic heterocycles. The fourth-order valence-electron chi connectivity index (χ4n) is 0.588. The second-order valence-corrected chi connectivity index (χ2v) is 5.12. The molecular formula is C10H21BrO. The Balaban J connectivity index is 3.67. The van der Waals surface area contributed by atoms with Gasteiger partial charge in [0.15, 0.2) is 0 Å². The van der Waals surface area contributed by atoms with E-state index in [1.165, 1.54) is 0 Å². The molecule has 1 unspecified atom stereocenters. The lowest BCUT2D eigenvalue weighted by molar-refractivity contribution is -0.00286. The summed E-state index contributed by atoms with van der Waals surface area (Å²) < 4.78 is 5.73. The van der Waals surface area contributed by atoms with Crippen LogP contribution in [0.15, 0.2) is 0 Å². The van der Waals surface area contributed by atoms with Gasteiger partial charge in [-0.15, -0.1) is 0 Å². The molecule has 0 heterocycles. The van der Waals surface area contributed by atoms with E-state index in [-0.39, 0.29) is 5.41 Å². The van der Waals surface area contributed by atoms with E-state index in [1.54, 1.807) is 0 Å². The molecule has 0 spiro atoms. The zero-order valence-corrected chi connectivity index (χ0v) is 10.4. The Morgan fingerprint density at radius 2 is 1.75 bits per heavy atom. The highest BCUT2D eigenvalue weighted by Gasteiger charge is 2.18. The number of rotatable bonds is 5. The van der Waals surface area contributed by atoms with Crippen molar-refractivity contribution in [2.45, 2.75) is 40.7 Å². The minimum atomic E-state index is 0.253. The monoisotopic (exact) mass is 236 g/mol. The molecule has 1 atom stereocenters. The Kier molecular flexibility index (Phi) is 5.42. The van der Waals surface area contributed by atoms with Gasteiger partial charge < -0.3 is 4.74 Å². The molecule has 0 aromatic carbocycles. The maximum Gasteiger partial charge on any atom is 0.0570 e. The van der Waals surface area contributed by atoms with E-state index in [0.717, 1.165) is 11.9 Å². The second kappa shape index (κ2) is 5.23. The van der Waals surface area contributed by atoms with Crippen LogP contribution in [0.2, 0.25) is 0 Å². The maximum atomic E-state index is 5.73. The highest BCUT2D eigenvalue weighted by atomic mass is 79.9. The predicted octanol–water partition coefficient (Wildman–Crippen LogP) is 3.47. The molecule has 74 valence electrons. The molecule has 0 radical (unpaired) electrons. The molecule has 12 heavy (non-hydrogen) atoms. The normalized spacial score (nSPS) is 15.2. The van der Waals surface area contributed by atoms with Crippen LogP contribution in [0.5, 0.6) is 0 Å². The van der Waals surface area contributed by atoms with E-state index in [0.29, 0.717) is 12.0 Å². The van der Waals surface area contributed by atoms with Crippen LogP contribution in [0, 0.1) is 11.3 Å². The summed E-state index contributed by atoms with van der Waals surface area (Å²) in [6.07, 6.45) is 0.364. The van der Waals surface area contributed by atoms with Gasteiger partial charge in [0.1, 0.15) is 0 Å². The Bertz CT molecular complexity index is 121. The van der Waals surface area contributed by atoms with Crippen LogP contribution < -0.4 is 0 Å². The first-order chi connectivity index (χ1) is 5.39. The van der Waals surface area contributed by atoms with Crippen LogP contribution in [-0.2, 0) is 4.74 Å². The fourth-order valence-corrected chi connectivity index (χ4v) is 0.750. The molecule has 0 aliphatic rings. The van der Waals surface area contributed by atoms with Gasteiger partial charge in [0, 0.05) is 5.33 Å². The Hall–Kier alpha value is 0.440. The number of hydrogen-bond donors (Lipinski definition) is 0. The summed E-state index contributed by atoms with van der Waals surface area (Å²) in [5.41, 5.74) is 0.253. The van der Waals surface area contributed by atoms with Gasteiger partial charge >= 0.3 is 0 Å². The van der Waals surface area contributed by atoms with Crippen LogP contribution >= 0.6 is 15.9 Å².